The Balaban J connectivity index is 1.54. The van der Waals surface area contributed by atoms with Crippen molar-refractivity contribution >= 4 is 40.7 Å². The molecule has 0 fully saturated rings. The monoisotopic (exact) mass is 394 g/mol. The highest BCUT2D eigenvalue weighted by molar-refractivity contribution is 6.34. The molecule has 1 N–H and O–H groups in total. The van der Waals surface area contributed by atoms with Crippen molar-refractivity contribution in [2.24, 2.45) is 0 Å². The average Bonchev–Trinajstić information content (AvgIpc) is 2.96. The summed E-state index contributed by atoms with van der Waals surface area (Å²) in [5, 5.41) is 2.51. The first-order chi connectivity index (χ1) is 13.5. The van der Waals surface area contributed by atoms with Gasteiger partial charge in [-0.1, -0.05) is 23.7 Å². The van der Waals surface area contributed by atoms with Crippen LogP contribution >= 0.6 is 11.6 Å². The molecule has 1 aliphatic rings. The Hall–Kier alpha value is -3.51. The quantitative estimate of drug-likeness (QED) is 0.663. The first-order valence-corrected chi connectivity index (χ1v) is 8.68. The van der Waals surface area contributed by atoms with Gasteiger partial charge < -0.3 is 5.32 Å². The van der Waals surface area contributed by atoms with Crippen LogP contribution < -0.4 is 10.2 Å². The van der Waals surface area contributed by atoms with Gasteiger partial charge in [0.05, 0.1) is 21.8 Å². The fourth-order valence-electron chi connectivity index (χ4n) is 2.96. The van der Waals surface area contributed by atoms with Crippen molar-refractivity contribution in [3.63, 3.8) is 0 Å². The maximum absolute atomic E-state index is 13.2. The van der Waals surface area contributed by atoms with Gasteiger partial charge in [0.25, 0.3) is 17.7 Å². The zero-order valence-corrected chi connectivity index (χ0v) is 15.0. The van der Waals surface area contributed by atoms with Gasteiger partial charge in [0.2, 0.25) is 0 Å². The second-order valence-corrected chi connectivity index (χ2v) is 6.53. The minimum atomic E-state index is -0.579. The molecular weight excluding hydrogens is 383 g/mol. The largest absolute Gasteiger partial charge is 0.322 e. The molecule has 138 valence electrons. The smallest absolute Gasteiger partial charge is 0.266 e. The minimum Gasteiger partial charge on any atom is -0.322 e. The third-order valence-electron chi connectivity index (χ3n) is 4.36. The van der Waals surface area contributed by atoms with Crippen molar-refractivity contribution in [3.8, 4) is 0 Å². The molecular formula is C21H12ClFN2O3. The number of amides is 3. The van der Waals surface area contributed by atoms with Gasteiger partial charge >= 0.3 is 0 Å². The lowest BCUT2D eigenvalue weighted by Crippen LogP contribution is -2.29. The number of imide groups is 1. The Morgan fingerprint density at radius 2 is 1.50 bits per heavy atom. The molecule has 0 saturated heterocycles. The minimum absolute atomic E-state index is 0.0984. The Kier molecular flexibility index (Phi) is 4.41. The molecule has 0 aromatic heterocycles. The average molecular weight is 395 g/mol. The molecule has 3 aromatic carbocycles. The number of nitrogens with one attached hydrogen (secondary N) is 1. The molecule has 1 heterocycles. The summed E-state index contributed by atoms with van der Waals surface area (Å²) in [6.45, 7) is 0. The fraction of sp³-hybridized carbons (Fsp3) is 0. The van der Waals surface area contributed by atoms with Crippen molar-refractivity contribution in [3.05, 3.63) is 94.3 Å². The third kappa shape index (κ3) is 3.04. The summed E-state index contributed by atoms with van der Waals surface area (Å²) in [7, 11) is 0. The molecule has 3 amide bonds. The molecule has 3 aromatic rings. The molecule has 0 radical (unpaired) electrons. The number of nitrogens with zero attached hydrogens (tertiary/aromatic N) is 1. The van der Waals surface area contributed by atoms with E-state index in [-0.39, 0.29) is 5.02 Å². The number of hydrogen-bond acceptors (Lipinski definition) is 3. The molecule has 5 nitrogen and oxygen atoms in total. The van der Waals surface area contributed by atoms with E-state index in [2.05, 4.69) is 5.32 Å². The Bertz CT molecular complexity index is 1090. The molecule has 28 heavy (non-hydrogen) atoms. The van der Waals surface area contributed by atoms with Gasteiger partial charge in [-0.2, -0.15) is 0 Å². The van der Waals surface area contributed by atoms with Gasteiger partial charge in [-0.3, -0.25) is 14.4 Å². The van der Waals surface area contributed by atoms with Gasteiger partial charge in [0.15, 0.2) is 0 Å². The third-order valence-corrected chi connectivity index (χ3v) is 4.65. The fourth-order valence-corrected chi connectivity index (χ4v) is 3.14. The number of carbonyl (C=O) groups excluding carboxylic acids is 3. The molecule has 0 atom stereocenters. The van der Waals surface area contributed by atoms with Crippen molar-refractivity contribution < 1.29 is 18.8 Å². The topological polar surface area (TPSA) is 66.5 Å². The predicted molar refractivity (Wildman–Crippen MR) is 103 cm³/mol. The summed E-state index contributed by atoms with van der Waals surface area (Å²) < 4.78 is 13.2. The number of carbonyl (C=O) groups is 3. The zero-order chi connectivity index (χ0) is 19.8. The van der Waals surface area contributed by atoms with Gasteiger partial charge in [0.1, 0.15) is 5.82 Å². The van der Waals surface area contributed by atoms with E-state index in [9.17, 15) is 18.8 Å². The van der Waals surface area contributed by atoms with Crippen LogP contribution in [0.4, 0.5) is 15.8 Å². The first kappa shape index (κ1) is 17.9. The van der Waals surface area contributed by atoms with Gasteiger partial charge in [0, 0.05) is 11.3 Å². The van der Waals surface area contributed by atoms with E-state index in [4.69, 9.17) is 11.6 Å². The van der Waals surface area contributed by atoms with E-state index in [1.165, 1.54) is 36.4 Å². The SMILES string of the molecule is O=C(Nc1ccc(F)c(Cl)c1)c1ccc(N2C(=O)c3ccccc3C2=O)cc1. The Morgan fingerprint density at radius 3 is 2.07 bits per heavy atom. The molecule has 7 heteroatoms. The van der Waals surface area contributed by atoms with Crippen molar-refractivity contribution in [1.82, 2.24) is 0 Å². The summed E-state index contributed by atoms with van der Waals surface area (Å²) in [4.78, 5) is 38.4. The van der Waals surface area contributed by atoms with E-state index < -0.39 is 23.5 Å². The van der Waals surface area contributed by atoms with Crippen LogP contribution in [0, 0.1) is 5.82 Å². The van der Waals surface area contributed by atoms with Crippen LogP contribution in [0.2, 0.25) is 5.02 Å². The molecule has 0 unspecified atom stereocenters. The first-order valence-electron chi connectivity index (χ1n) is 8.30. The zero-order valence-electron chi connectivity index (χ0n) is 14.3. The van der Waals surface area contributed by atoms with Gasteiger partial charge in [-0.05, 0) is 54.6 Å². The molecule has 0 aliphatic carbocycles. The molecule has 0 saturated carbocycles. The van der Waals surface area contributed by atoms with Crippen LogP contribution in [-0.4, -0.2) is 17.7 Å². The van der Waals surface area contributed by atoms with E-state index >= 15 is 0 Å². The summed E-state index contributed by atoms with van der Waals surface area (Å²) in [6, 6.07) is 16.5. The summed E-state index contributed by atoms with van der Waals surface area (Å²) in [5.74, 6) is -1.82. The van der Waals surface area contributed by atoms with Crippen molar-refractivity contribution in [1.29, 1.82) is 0 Å². The highest BCUT2D eigenvalue weighted by Gasteiger charge is 2.36. The van der Waals surface area contributed by atoms with Crippen LogP contribution in [-0.2, 0) is 0 Å². The normalized spacial score (nSPS) is 12.9. The number of rotatable bonds is 3. The van der Waals surface area contributed by atoms with E-state index in [0.717, 1.165) is 11.0 Å². The van der Waals surface area contributed by atoms with Crippen LogP contribution in [0.5, 0.6) is 0 Å². The number of benzene rings is 3. The molecule has 0 bridgehead atoms. The molecule has 1 aliphatic heterocycles. The molecule has 4 rings (SSSR count). The molecule has 0 spiro atoms. The summed E-state index contributed by atoms with van der Waals surface area (Å²) >= 11 is 5.71. The second-order valence-electron chi connectivity index (χ2n) is 6.12. The van der Waals surface area contributed by atoms with Gasteiger partial charge in [-0.15, -0.1) is 0 Å². The van der Waals surface area contributed by atoms with E-state index in [1.54, 1.807) is 24.3 Å². The van der Waals surface area contributed by atoms with Crippen LogP contribution in [0.1, 0.15) is 31.1 Å². The maximum atomic E-state index is 13.2. The Labute approximate surface area is 164 Å². The van der Waals surface area contributed by atoms with Crippen LogP contribution in [0.3, 0.4) is 0 Å². The summed E-state index contributed by atoms with van der Waals surface area (Å²) in [5.41, 5.74) is 1.72. The number of hydrogen-bond donors (Lipinski definition) is 1. The standard InChI is InChI=1S/C21H12ClFN2O3/c22-17-11-13(7-10-18(17)23)24-19(26)12-5-8-14(9-6-12)25-20(27)15-3-1-2-4-16(15)21(25)28/h1-11H,(H,24,26). The van der Waals surface area contributed by atoms with E-state index in [0.29, 0.717) is 28.1 Å². The van der Waals surface area contributed by atoms with Crippen molar-refractivity contribution in [2.45, 2.75) is 0 Å². The van der Waals surface area contributed by atoms with Gasteiger partial charge in [-0.25, -0.2) is 9.29 Å². The van der Waals surface area contributed by atoms with Crippen LogP contribution in [0.15, 0.2) is 66.7 Å². The Morgan fingerprint density at radius 1 is 0.893 bits per heavy atom. The number of halogens is 2. The highest BCUT2D eigenvalue weighted by Crippen LogP contribution is 2.28. The predicted octanol–water partition coefficient (Wildman–Crippen LogP) is 4.53. The second kappa shape index (κ2) is 6.90. The number of anilines is 2. The van der Waals surface area contributed by atoms with Crippen molar-refractivity contribution in [2.75, 3.05) is 10.2 Å². The lowest BCUT2D eigenvalue weighted by Gasteiger charge is -2.14. The maximum Gasteiger partial charge on any atom is 0.266 e. The number of fused-ring (bicyclic) bond motifs is 1. The highest BCUT2D eigenvalue weighted by atomic mass is 35.5. The lowest BCUT2D eigenvalue weighted by molar-refractivity contribution is 0.0925. The lowest BCUT2D eigenvalue weighted by atomic mass is 10.1. The summed E-state index contributed by atoms with van der Waals surface area (Å²) in [6.07, 6.45) is 0. The van der Waals surface area contributed by atoms with Crippen LogP contribution in [0.25, 0.3) is 0 Å². The van der Waals surface area contributed by atoms with E-state index in [1.807, 2.05) is 0 Å².